The Morgan fingerprint density at radius 3 is 2.70 bits per heavy atom. The van der Waals surface area contributed by atoms with Gasteiger partial charge >= 0.3 is 0 Å². The minimum atomic E-state index is -0.298. The molecule has 1 N–H and O–H groups in total. The fraction of sp³-hybridized carbons (Fsp3) is 0.103. The van der Waals surface area contributed by atoms with E-state index in [4.69, 9.17) is 16.6 Å². The van der Waals surface area contributed by atoms with Crippen molar-refractivity contribution < 1.29 is 4.39 Å². The molecule has 0 saturated heterocycles. The number of aromatic amines is 1. The van der Waals surface area contributed by atoms with Gasteiger partial charge in [-0.05, 0) is 71.3 Å². The number of benzene rings is 3. The van der Waals surface area contributed by atoms with Crippen LogP contribution in [0.25, 0.3) is 22.3 Å². The first kappa shape index (κ1) is 24.3. The number of H-pyrrole nitrogens is 1. The second kappa shape index (κ2) is 10.7. The number of imidazole rings is 1. The Bertz CT molecular complexity index is 1600. The van der Waals surface area contributed by atoms with Crippen molar-refractivity contribution in [2.75, 3.05) is 0 Å². The molecule has 0 aliphatic carbocycles. The molecule has 0 aliphatic rings. The molecular weight excluding hydrogens is 487 g/mol. The van der Waals surface area contributed by atoms with Crippen LogP contribution in [0.4, 0.5) is 4.39 Å². The lowest BCUT2D eigenvalue weighted by molar-refractivity contribution is 0.629. The summed E-state index contributed by atoms with van der Waals surface area (Å²) in [5.41, 5.74) is 6.15. The van der Waals surface area contributed by atoms with Gasteiger partial charge in [0.15, 0.2) is 0 Å². The Morgan fingerprint density at radius 1 is 1.11 bits per heavy atom. The lowest BCUT2D eigenvalue weighted by atomic mass is 9.91. The normalized spacial score (nSPS) is 13.2. The molecule has 0 radical (unpaired) electrons. The van der Waals surface area contributed by atoms with Crippen molar-refractivity contribution >= 4 is 28.2 Å². The number of nitrogens with one attached hydrogen (secondary N) is 1. The average molecular weight is 511 g/mol. The summed E-state index contributed by atoms with van der Waals surface area (Å²) >= 11 is 6.34. The molecular formula is C29H24ClFN6. The predicted molar refractivity (Wildman–Crippen MR) is 145 cm³/mol. The minimum absolute atomic E-state index is 0.0569. The van der Waals surface area contributed by atoms with Gasteiger partial charge in [0.1, 0.15) is 18.0 Å². The van der Waals surface area contributed by atoms with Crippen LogP contribution in [-0.2, 0) is 6.42 Å². The molecule has 5 aromatic rings. The van der Waals surface area contributed by atoms with Crippen molar-refractivity contribution in [2.24, 2.45) is 0 Å². The summed E-state index contributed by atoms with van der Waals surface area (Å²) in [6, 6.07) is 20.4. The van der Waals surface area contributed by atoms with Gasteiger partial charge in [0.05, 0.1) is 16.7 Å². The number of allylic oxidation sites excluding steroid dienone is 5. The Kier molecular flexibility index (Phi) is 7.05. The minimum Gasteiger partial charge on any atom is -0.341 e. The highest BCUT2D eigenvalue weighted by molar-refractivity contribution is 6.30. The summed E-state index contributed by atoms with van der Waals surface area (Å²) in [6.07, 6.45) is 8.11. The van der Waals surface area contributed by atoms with Crippen LogP contribution in [-0.4, -0.2) is 30.2 Å². The van der Waals surface area contributed by atoms with E-state index in [-0.39, 0.29) is 11.7 Å². The molecule has 6 nitrogen and oxygen atoms in total. The summed E-state index contributed by atoms with van der Waals surface area (Å²) in [7, 11) is 0. The van der Waals surface area contributed by atoms with Gasteiger partial charge < -0.3 is 4.98 Å². The van der Waals surface area contributed by atoms with Crippen LogP contribution in [0.1, 0.15) is 29.8 Å². The van der Waals surface area contributed by atoms with Crippen molar-refractivity contribution in [1.29, 1.82) is 0 Å². The summed E-state index contributed by atoms with van der Waals surface area (Å²) in [5.74, 6) is 0.426. The van der Waals surface area contributed by atoms with E-state index in [1.165, 1.54) is 24.0 Å². The molecule has 0 bridgehead atoms. The van der Waals surface area contributed by atoms with E-state index in [1.807, 2.05) is 36.4 Å². The van der Waals surface area contributed by atoms with Crippen LogP contribution in [0.2, 0.25) is 5.02 Å². The molecule has 2 heterocycles. The third-order valence-corrected chi connectivity index (χ3v) is 6.47. The van der Waals surface area contributed by atoms with Crippen molar-refractivity contribution in [3.05, 3.63) is 131 Å². The quantitative estimate of drug-likeness (QED) is 0.231. The molecule has 0 amide bonds. The zero-order valence-electron chi connectivity index (χ0n) is 20.1. The standard InChI is InChI=1S/C29H24ClFN6/c1-3-21(25-16-22(30)11-14-28(25)37-18-32-35-36-37)10-9-19(2)24(15-20-7-5-4-6-8-20)29-33-26-13-12-23(31)17-27(26)34-29/h3-14,16-18,24H,1,15H2,2H3,(H,33,34)/b19-9+,21-10+/t24-/m0/s1. The largest absolute Gasteiger partial charge is 0.341 e. The second-order valence-electron chi connectivity index (χ2n) is 8.68. The first-order chi connectivity index (χ1) is 18.0. The van der Waals surface area contributed by atoms with E-state index in [1.54, 1.807) is 22.9 Å². The number of rotatable bonds is 8. The van der Waals surface area contributed by atoms with Gasteiger partial charge in [-0.1, -0.05) is 72.3 Å². The van der Waals surface area contributed by atoms with Gasteiger partial charge in [0, 0.05) is 16.5 Å². The van der Waals surface area contributed by atoms with Crippen molar-refractivity contribution in [3.63, 3.8) is 0 Å². The van der Waals surface area contributed by atoms with Crippen LogP contribution in [0.3, 0.4) is 0 Å². The summed E-state index contributed by atoms with van der Waals surface area (Å²) in [5, 5.41) is 12.1. The van der Waals surface area contributed by atoms with Gasteiger partial charge in [0.25, 0.3) is 0 Å². The first-order valence-corrected chi connectivity index (χ1v) is 12.1. The molecule has 0 saturated carbocycles. The molecule has 0 fully saturated rings. The molecule has 8 heteroatoms. The van der Waals surface area contributed by atoms with Crippen LogP contribution in [0, 0.1) is 5.82 Å². The smallest absolute Gasteiger partial charge is 0.143 e. The molecule has 1 atom stereocenters. The van der Waals surface area contributed by atoms with Crippen LogP contribution in [0.5, 0.6) is 0 Å². The number of nitrogens with zero attached hydrogens (tertiary/aromatic N) is 5. The summed E-state index contributed by atoms with van der Waals surface area (Å²) in [4.78, 5) is 8.12. The fourth-order valence-corrected chi connectivity index (χ4v) is 4.48. The highest BCUT2D eigenvalue weighted by Gasteiger charge is 2.19. The Hall–Kier alpha value is -4.36. The Labute approximate surface area is 218 Å². The fourth-order valence-electron chi connectivity index (χ4n) is 4.31. The van der Waals surface area contributed by atoms with E-state index < -0.39 is 0 Å². The average Bonchev–Trinajstić information content (AvgIpc) is 3.58. The predicted octanol–water partition coefficient (Wildman–Crippen LogP) is 6.87. The molecule has 2 aromatic heterocycles. The van der Waals surface area contributed by atoms with Gasteiger partial charge in [-0.2, -0.15) is 4.68 Å². The van der Waals surface area contributed by atoms with E-state index in [9.17, 15) is 4.39 Å². The molecule has 184 valence electrons. The van der Waals surface area contributed by atoms with E-state index in [2.05, 4.69) is 52.2 Å². The molecule has 0 aliphatic heterocycles. The maximum Gasteiger partial charge on any atom is 0.143 e. The number of halogens is 2. The maximum atomic E-state index is 13.8. The number of hydrogen-bond acceptors (Lipinski definition) is 4. The Balaban J connectivity index is 1.56. The van der Waals surface area contributed by atoms with Crippen molar-refractivity contribution in [1.82, 2.24) is 30.2 Å². The number of fused-ring (bicyclic) bond motifs is 1. The molecule has 37 heavy (non-hydrogen) atoms. The lowest BCUT2D eigenvalue weighted by Crippen LogP contribution is -2.07. The monoisotopic (exact) mass is 510 g/mol. The van der Waals surface area contributed by atoms with Crippen LogP contribution >= 0.6 is 11.6 Å². The third kappa shape index (κ3) is 5.42. The molecule has 0 unspecified atom stereocenters. The molecule has 3 aromatic carbocycles. The zero-order valence-corrected chi connectivity index (χ0v) is 20.9. The number of hydrogen-bond donors (Lipinski definition) is 1. The van der Waals surface area contributed by atoms with Crippen molar-refractivity contribution in [3.8, 4) is 5.69 Å². The van der Waals surface area contributed by atoms with Crippen LogP contribution in [0.15, 0.2) is 103 Å². The van der Waals surface area contributed by atoms with Crippen LogP contribution < -0.4 is 0 Å². The maximum absolute atomic E-state index is 13.8. The molecule has 5 rings (SSSR count). The highest BCUT2D eigenvalue weighted by atomic mass is 35.5. The topological polar surface area (TPSA) is 72.3 Å². The van der Waals surface area contributed by atoms with E-state index in [0.717, 1.165) is 40.2 Å². The second-order valence-corrected chi connectivity index (χ2v) is 9.11. The summed E-state index contributed by atoms with van der Waals surface area (Å²) in [6.45, 7) is 6.09. The van der Waals surface area contributed by atoms with Crippen molar-refractivity contribution in [2.45, 2.75) is 19.3 Å². The first-order valence-electron chi connectivity index (χ1n) is 11.7. The molecule has 0 spiro atoms. The lowest BCUT2D eigenvalue weighted by Gasteiger charge is -2.16. The Morgan fingerprint density at radius 2 is 1.95 bits per heavy atom. The van der Waals surface area contributed by atoms with Gasteiger partial charge in [-0.3, -0.25) is 0 Å². The van der Waals surface area contributed by atoms with E-state index in [0.29, 0.717) is 10.5 Å². The van der Waals surface area contributed by atoms with Gasteiger partial charge in [-0.25, -0.2) is 9.37 Å². The van der Waals surface area contributed by atoms with Gasteiger partial charge in [-0.15, -0.1) is 5.10 Å². The van der Waals surface area contributed by atoms with Gasteiger partial charge in [0.2, 0.25) is 0 Å². The summed E-state index contributed by atoms with van der Waals surface area (Å²) < 4.78 is 15.4. The number of aromatic nitrogens is 6. The number of tetrazole rings is 1. The third-order valence-electron chi connectivity index (χ3n) is 6.24. The SMILES string of the molecule is C=C/C(=C\C=C(/C)[C@H](Cc1ccccc1)c1nc2ccc(F)cc2[nH]1)c1cc(Cl)ccc1-n1cnnn1. The highest BCUT2D eigenvalue weighted by Crippen LogP contribution is 2.31. The zero-order chi connectivity index (χ0) is 25.8. The van der Waals surface area contributed by atoms with E-state index >= 15 is 0 Å².